The van der Waals surface area contributed by atoms with Crippen LogP contribution in [0.25, 0.3) is 0 Å². The fraction of sp³-hybridized carbons (Fsp3) is 1.00. The van der Waals surface area contributed by atoms with E-state index in [-0.39, 0.29) is 5.25 Å². The van der Waals surface area contributed by atoms with Gasteiger partial charge in [0.05, 0.1) is 5.25 Å². The molecular formula is C11H24N2O2S. The fourth-order valence-corrected chi connectivity index (χ4v) is 2.92. The van der Waals surface area contributed by atoms with E-state index in [0.717, 1.165) is 0 Å². The van der Waals surface area contributed by atoms with Crippen molar-refractivity contribution < 1.29 is 8.42 Å². The zero-order valence-electron chi connectivity index (χ0n) is 10.7. The maximum Gasteiger partial charge on any atom is 0.217 e. The average Bonchev–Trinajstić information content (AvgIpc) is 2.97. The van der Waals surface area contributed by atoms with Gasteiger partial charge in [-0.1, -0.05) is 13.8 Å². The molecule has 4 nitrogen and oxygen atoms in total. The molecule has 1 unspecified atom stereocenters. The normalized spacial score (nSPS) is 19.4. The molecule has 1 rings (SSSR count). The van der Waals surface area contributed by atoms with E-state index in [0.29, 0.717) is 25.0 Å². The summed E-state index contributed by atoms with van der Waals surface area (Å²) < 4.78 is 25.7. The lowest BCUT2D eigenvalue weighted by atomic mass is 10.3. The van der Waals surface area contributed by atoms with E-state index in [4.69, 9.17) is 0 Å². The number of sulfonamides is 1. The van der Waals surface area contributed by atoms with E-state index in [1.165, 1.54) is 17.1 Å². The molecule has 1 fully saturated rings. The van der Waals surface area contributed by atoms with E-state index in [9.17, 15) is 8.42 Å². The molecule has 0 aromatic heterocycles. The largest absolute Gasteiger partial charge is 0.313 e. The molecule has 1 aliphatic carbocycles. The Balaban J connectivity index is 2.46. The summed E-state index contributed by atoms with van der Waals surface area (Å²) in [5.41, 5.74) is 0. The Labute approximate surface area is 99.5 Å². The van der Waals surface area contributed by atoms with Crippen LogP contribution in [0.15, 0.2) is 0 Å². The zero-order chi connectivity index (χ0) is 12.3. The highest BCUT2D eigenvalue weighted by Crippen LogP contribution is 2.30. The van der Waals surface area contributed by atoms with E-state index >= 15 is 0 Å². The molecule has 0 aromatic rings. The van der Waals surface area contributed by atoms with Gasteiger partial charge in [-0.15, -0.1) is 0 Å². The van der Waals surface area contributed by atoms with Crippen molar-refractivity contribution in [2.75, 3.05) is 20.1 Å². The highest BCUT2D eigenvalue weighted by molar-refractivity contribution is 7.89. The number of rotatable bonds is 7. The van der Waals surface area contributed by atoms with Gasteiger partial charge in [-0.25, -0.2) is 12.7 Å². The Morgan fingerprint density at radius 2 is 1.88 bits per heavy atom. The first kappa shape index (κ1) is 13.9. The Kier molecular flexibility index (Phi) is 4.76. The molecular weight excluding hydrogens is 224 g/mol. The van der Waals surface area contributed by atoms with Crippen LogP contribution in [0.2, 0.25) is 0 Å². The first-order chi connectivity index (χ1) is 7.34. The first-order valence-corrected chi connectivity index (χ1v) is 7.53. The first-order valence-electron chi connectivity index (χ1n) is 6.02. The molecule has 0 spiro atoms. The van der Waals surface area contributed by atoms with E-state index in [1.807, 2.05) is 13.8 Å². The second-order valence-electron chi connectivity index (χ2n) is 5.14. The van der Waals surface area contributed by atoms with Crippen molar-refractivity contribution in [3.05, 3.63) is 0 Å². The number of nitrogens with one attached hydrogen (secondary N) is 1. The molecule has 16 heavy (non-hydrogen) atoms. The number of hydrogen-bond acceptors (Lipinski definition) is 3. The standard InChI is InChI=1S/C11H24N2O2S/c1-9(2)12-7-10(3)16(14,15)13(4)8-11-5-6-11/h9-12H,5-8H2,1-4H3. The predicted molar refractivity (Wildman–Crippen MR) is 66.9 cm³/mol. The quantitative estimate of drug-likeness (QED) is 0.732. The Bertz CT molecular complexity index is 310. The lowest BCUT2D eigenvalue weighted by Crippen LogP contribution is -2.42. The van der Waals surface area contributed by atoms with Gasteiger partial charge in [0.1, 0.15) is 0 Å². The second-order valence-corrected chi connectivity index (χ2v) is 7.60. The average molecular weight is 248 g/mol. The van der Waals surface area contributed by atoms with Crippen LogP contribution in [0.1, 0.15) is 33.6 Å². The van der Waals surface area contributed by atoms with Crippen molar-refractivity contribution in [1.29, 1.82) is 0 Å². The summed E-state index contributed by atoms with van der Waals surface area (Å²) in [4.78, 5) is 0. The third-order valence-electron chi connectivity index (χ3n) is 2.97. The van der Waals surface area contributed by atoms with Crippen LogP contribution in [0.3, 0.4) is 0 Å². The molecule has 0 radical (unpaired) electrons. The molecule has 1 aliphatic rings. The predicted octanol–water partition coefficient (Wildman–Crippen LogP) is 1.04. The van der Waals surface area contributed by atoms with Crippen molar-refractivity contribution in [3.8, 4) is 0 Å². The molecule has 5 heteroatoms. The third kappa shape index (κ3) is 4.03. The highest BCUT2D eigenvalue weighted by Gasteiger charge is 2.31. The number of hydrogen-bond donors (Lipinski definition) is 1. The van der Waals surface area contributed by atoms with Crippen LogP contribution < -0.4 is 5.32 Å². The highest BCUT2D eigenvalue weighted by atomic mass is 32.2. The summed E-state index contributed by atoms with van der Waals surface area (Å²) in [5.74, 6) is 0.602. The summed E-state index contributed by atoms with van der Waals surface area (Å²) in [7, 11) is -1.42. The molecule has 0 amide bonds. The van der Waals surface area contributed by atoms with Gasteiger partial charge in [-0.05, 0) is 25.7 Å². The molecule has 0 saturated heterocycles. The fourth-order valence-electron chi connectivity index (χ4n) is 1.58. The molecule has 0 bridgehead atoms. The lowest BCUT2D eigenvalue weighted by Gasteiger charge is -2.22. The Hall–Kier alpha value is -0.130. The second kappa shape index (κ2) is 5.47. The minimum absolute atomic E-state index is 0.325. The molecule has 1 atom stereocenters. The summed E-state index contributed by atoms with van der Waals surface area (Å²) >= 11 is 0. The minimum atomic E-state index is -3.12. The van der Waals surface area contributed by atoms with Crippen LogP contribution in [0, 0.1) is 5.92 Å². The van der Waals surface area contributed by atoms with Gasteiger partial charge >= 0.3 is 0 Å². The SMILES string of the molecule is CC(C)NCC(C)S(=O)(=O)N(C)CC1CC1. The summed E-state index contributed by atoms with van der Waals surface area (Å²) in [6.07, 6.45) is 2.36. The number of nitrogens with zero attached hydrogens (tertiary/aromatic N) is 1. The van der Waals surface area contributed by atoms with E-state index in [1.54, 1.807) is 14.0 Å². The van der Waals surface area contributed by atoms with E-state index in [2.05, 4.69) is 5.32 Å². The molecule has 1 saturated carbocycles. The van der Waals surface area contributed by atoms with Crippen molar-refractivity contribution in [2.45, 2.75) is 44.9 Å². The molecule has 1 N–H and O–H groups in total. The Morgan fingerprint density at radius 1 is 1.31 bits per heavy atom. The van der Waals surface area contributed by atoms with Gasteiger partial charge in [0.2, 0.25) is 10.0 Å². The van der Waals surface area contributed by atoms with Gasteiger partial charge < -0.3 is 5.32 Å². The van der Waals surface area contributed by atoms with Crippen molar-refractivity contribution >= 4 is 10.0 Å². The molecule has 0 aromatic carbocycles. The summed E-state index contributed by atoms with van der Waals surface area (Å²) in [6.45, 7) is 7.03. The smallest absolute Gasteiger partial charge is 0.217 e. The minimum Gasteiger partial charge on any atom is -0.313 e. The zero-order valence-corrected chi connectivity index (χ0v) is 11.5. The lowest BCUT2D eigenvalue weighted by molar-refractivity contribution is 0.439. The van der Waals surface area contributed by atoms with Crippen molar-refractivity contribution in [1.82, 2.24) is 9.62 Å². The van der Waals surface area contributed by atoms with Crippen LogP contribution in [0.5, 0.6) is 0 Å². The molecule has 0 aliphatic heterocycles. The third-order valence-corrected chi connectivity index (χ3v) is 5.17. The summed E-state index contributed by atoms with van der Waals surface area (Å²) in [5, 5.41) is 2.82. The van der Waals surface area contributed by atoms with Gasteiger partial charge in [0, 0.05) is 26.2 Å². The van der Waals surface area contributed by atoms with Crippen LogP contribution >= 0.6 is 0 Å². The van der Waals surface area contributed by atoms with Gasteiger partial charge in [0.25, 0.3) is 0 Å². The van der Waals surface area contributed by atoms with Crippen LogP contribution in [-0.2, 0) is 10.0 Å². The van der Waals surface area contributed by atoms with Gasteiger partial charge in [-0.3, -0.25) is 0 Å². The maximum atomic E-state index is 12.1. The summed E-state index contributed by atoms with van der Waals surface area (Å²) in [6, 6.07) is 0.325. The molecule has 0 heterocycles. The van der Waals surface area contributed by atoms with E-state index < -0.39 is 10.0 Å². The Morgan fingerprint density at radius 3 is 2.31 bits per heavy atom. The van der Waals surface area contributed by atoms with Crippen molar-refractivity contribution in [3.63, 3.8) is 0 Å². The topological polar surface area (TPSA) is 49.4 Å². The van der Waals surface area contributed by atoms with Gasteiger partial charge in [0.15, 0.2) is 0 Å². The molecule has 96 valence electrons. The van der Waals surface area contributed by atoms with Crippen molar-refractivity contribution in [2.24, 2.45) is 5.92 Å². The van der Waals surface area contributed by atoms with Gasteiger partial charge in [-0.2, -0.15) is 0 Å². The van der Waals surface area contributed by atoms with Crippen LogP contribution in [0.4, 0.5) is 0 Å². The monoisotopic (exact) mass is 248 g/mol. The maximum absolute atomic E-state index is 12.1. The van der Waals surface area contributed by atoms with Crippen LogP contribution in [-0.4, -0.2) is 44.2 Å².